The predicted octanol–water partition coefficient (Wildman–Crippen LogP) is 4.62. The van der Waals surface area contributed by atoms with E-state index in [1.165, 1.54) is 0 Å². The van der Waals surface area contributed by atoms with Crippen LogP contribution in [0, 0.1) is 18.3 Å². The zero-order chi connectivity index (χ0) is 21.1. The van der Waals surface area contributed by atoms with Crippen LogP contribution in [0.15, 0.2) is 64.4 Å². The molecular weight excluding hydrogens is 398 g/mol. The number of methoxy groups -OCH3 is 1. The maximum atomic E-state index is 13.2. The van der Waals surface area contributed by atoms with Crippen molar-refractivity contribution >= 4 is 29.0 Å². The van der Waals surface area contributed by atoms with E-state index in [-0.39, 0.29) is 30.6 Å². The van der Waals surface area contributed by atoms with Gasteiger partial charge in [-0.1, -0.05) is 36.0 Å². The highest BCUT2D eigenvalue weighted by Gasteiger charge is 2.28. The van der Waals surface area contributed by atoms with Gasteiger partial charge in [0.15, 0.2) is 6.61 Å². The van der Waals surface area contributed by atoms with Crippen LogP contribution in [-0.2, 0) is 16.1 Å². The summed E-state index contributed by atoms with van der Waals surface area (Å²) in [4.78, 5) is 21.2. The summed E-state index contributed by atoms with van der Waals surface area (Å²) in [6, 6.07) is 19.4. The van der Waals surface area contributed by atoms with E-state index in [4.69, 9.17) is 9.47 Å². The molecule has 2 heterocycles. The van der Waals surface area contributed by atoms with E-state index in [9.17, 15) is 10.1 Å². The van der Waals surface area contributed by atoms with Crippen molar-refractivity contribution in [2.24, 2.45) is 0 Å². The molecule has 0 saturated carbocycles. The molecule has 1 aromatic heterocycles. The third-order valence-corrected chi connectivity index (χ3v) is 5.75. The highest BCUT2D eigenvalue weighted by molar-refractivity contribution is 7.99. The van der Waals surface area contributed by atoms with Crippen LogP contribution >= 0.6 is 11.8 Å². The van der Waals surface area contributed by atoms with Crippen LogP contribution in [0.4, 0.5) is 11.4 Å². The summed E-state index contributed by atoms with van der Waals surface area (Å²) >= 11 is 1.63. The molecule has 0 atom stereocenters. The molecule has 150 valence electrons. The molecule has 7 heteroatoms. The molecule has 4 rings (SSSR count). The Morgan fingerprint density at radius 3 is 2.37 bits per heavy atom. The molecule has 0 radical (unpaired) electrons. The van der Waals surface area contributed by atoms with Gasteiger partial charge in [0.25, 0.3) is 5.91 Å². The number of carbonyl (C=O) groups excluding carboxylic acids is 1. The van der Waals surface area contributed by atoms with Crippen LogP contribution in [0.5, 0.6) is 5.88 Å². The lowest BCUT2D eigenvalue weighted by Gasteiger charge is -2.30. The van der Waals surface area contributed by atoms with Crippen molar-refractivity contribution in [3.63, 3.8) is 0 Å². The van der Waals surface area contributed by atoms with E-state index in [0.717, 1.165) is 21.2 Å². The Kier molecular flexibility index (Phi) is 5.70. The monoisotopic (exact) mass is 417 g/mol. The number of aryl methyl sites for hydroxylation is 1. The average molecular weight is 417 g/mol. The quantitative estimate of drug-likeness (QED) is 0.603. The van der Waals surface area contributed by atoms with E-state index in [2.05, 4.69) is 11.1 Å². The van der Waals surface area contributed by atoms with Crippen molar-refractivity contribution in [1.82, 2.24) is 4.98 Å². The molecule has 0 unspecified atom stereocenters. The minimum absolute atomic E-state index is 0.144. The van der Waals surface area contributed by atoms with Gasteiger partial charge in [-0.25, -0.2) is 4.98 Å². The predicted molar refractivity (Wildman–Crippen MR) is 114 cm³/mol. The smallest absolute Gasteiger partial charge is 0.269 e. The Hall–Kier alpha value is -3.34. The Labute approximate surface area is 179 Å². The molecule has 3 aromatic rings. The van der Waals surface area contributed by atoms with Crippen molar-refractivity contribution < 1.29 is 14.3 Å². The van der Waals surface area contributed by atoms with E-state index in [1.807, 2.05) is 55.5 Å². The van der Waals surface area contributed by atoms with Crippen LogP contribution < -0.4 is 9.64 Å². The number of nitrogens with zero attached hydrogens (tertiary/aromatic N) is 3. The van der Waals surface area contributed by atoms with E-state index in [0.29, 0.717) is 11.3 Å². The molecule has 0 aliphatic carbocycles. The lowest BCUT2D eigenvalue weighted by Crippen LogP contribution is -2.33. The minimum atomic E-state index is -0.245. The molecule has 0 bridgehead atoms. The minimum Gasteiger partial charge on any atom is -0.467 e. The highest BCUT2D eigenvalue weighted by atomic mass is 32.2. The largest absolute Gasteiger partial charge is 0.467 e. The Morgan fingerprint density at radius 2 is 1.77 bits per heavy atom. The summed E-state index contributed by atoms with van der Waals surface area (Å²) in [6.45, 7) is 1.83. The Morgan fingerprint density at radius 1 is 1.13 bits per heavy atom. The molecular formula is C23H19N3O3S. The number of nitriles is 1. The lowest BCUT2D eigenvalue weighted by atomic mass is 10.1. The van der Waals surface area contributed by atoms with Gasteiger partial charge in [-0.2, -0.15) is 5.26 Å². The molecule has 2 aromatic carbocycles. The highest BCUT2D eigenvalue weighted by Crippen LogP contribution is 2.47. The first-order valence-electron chi connectivity index (χ1n) is 9.33. The van der Waals surface area contributed by atoms with Gasteiger partial charge in [0.1, 0.15) is 11.6 Å². The van der Waals surface area contributed by atoms with Gasteiger partial charge >= 0.3 is 0 Å². The maximum Gasteiger partial charge on any atom is 0.269 e. The standard InChI is InChI=1S/C23H19N3O3S/c1-15-11-16(13-28-2)17(12-24)23(25-15)29-14-22(27)26-18-7-3-5-9-20(18)30-21-10-6-4-8-19(21)26/h3-11H,13-14H2,1-2H3. The fourth-order valence-electron chi connectivity index (χ4n) is 3.37. The number of benzene rings is 2. The van der Waals surface area contributed by atoms with Crippen LogP contribution in [-0.4, -0.2) is 24.6 Å². The molecule has 1 aliphatic heterocycles. The topological polar surface area (TPSA) is 75.5 Å². The summed E-state index contributed by atoms with van der Waals surface area (Å²) in [7, 11) is 1.56. The first-order chi connectivity index (χ1) is 14.6. The third-order valence-electron chi connectivity index (χ3n) is 4.62. The fourth-order valence-corrected chi connectivity index (χ4v) is 4.43. The van der Waals surface area contributed by atoms with Crippen LogP contribution in [0.25, 0.3) is 0 Å². The average Bonchev–Trinajstić information content (AvgIpc) is 2.75. The number of pyridine rings is 1. The van der Waals surface area contributed by atoms with Crippen molar-refractivity contribution in [2.45, 2.75) is 23.3 Å². The first kappa shape index (κ1) is 20.0. The van der Waals surface area contributed by atoms with Crippen molar-refractivity contribution in [1.29, 1.82) is 5.26 Å². The SMILES string of the molecule is COCc1cc(C)nc(OCC(=O)N2c3ccccc3Sc3ccccc32)c1C#N. The number of aromatic nitrogens is 1. The zero-order valence-corrected chi connectivity index (χ0v) is 17.4. The van der Waals surface area contributed by atoms with E-state index < -0.39 is 0 Å². The van der Waals surface area contributed by atoms with Crippen LogP contribution in [0.3, 0.4) is 0 Å². The lowest BCUT2D eigenvalue weighted by molar-refractivity contribution is -0.120. The van der Waals surface area contributed by atoms with Gasteiger partial charge in [-0.05, 0) is 37.3 Å². The third kappa shape index (κ3) is 3.75. The van der Waals surface area contributed by atoms with E-state index >= 15 is 0 Å². The second kappa shape index (κ2) is 8.57. The van der Waals surface area contributed by atoms with Crippen LogP contribution in [0.1, 0.15) is 16.8 Å². The van der Waals surface area contributed by atoms with E-state index in [1.54, 1.807) is 29.8 Å². The van der Waals surface area contributed by atoms with Crippen molar-refractivity contribution in [3.8, 4) is 11.9 Å². The fraction of sp³-hybridized carbons (Fsp3) is 0.174. The number of carbonyl (C=O) groups is 1. The molecule has 0 saturated heterocycles. The normalized spacial score (nSPS) is 12.0. The van der Waals surface area contributed by atoms with Gasteiger partial charge in [-0.3, -0.25) is 9.69 Å². The number of rotatable bonds is 5. The molecule has 0 N–H and O–H groups in total. The number of hydrogen-bond acceptors (Lipinski definition) is 6. The van der Waals surface area contributed by atoms with Gasteiger partial charge in [0.2, 0.25) is 5.88 Å². The molecule has 0 spiro atoms. The van der Waals surface area contributed by atoms with Gasteiger partial charge in [-0.15, -0.1) is 0 Å². The summed E-state index contributed by atoms with van der Waals surface area (Å²) in [5, 5.41) is 9.57. The molecule has 1 aliphatic rings. The molecule has 0 fully saturated rings. The summed E-state index contributed by atoms with van der Waals surface area (Å²) in [6.07, 6.45) is 0. The molecule has 30 heavy (non-hydrogen) atoms. The summed E-state index contributed by atoms with van der Waals surface area (Å²) < 4.78 is 10.9. The number of para-hydroxylation sites is 2. The zero-order valence-electron chi connectivity index (χ0n) is 16.6. The second-order valence-electron chi connectivity index (χ2n) is 6.70. The Bertz CT molecular complexity index is 1110. The van der Waals surface area contributed by atoms with Gasteiger partial charge in [0.05, 0.1) is 18.0 Å². The number of amides is 1. The number of fused-ring (bicyclic) bond motifs is 2. The Balaban J connectivity index is 1.64. The second-order valence-corrected chi connectivity index (χ2v) is 7.79. The summed E-state index contributed by atoms with van der Waals surface area (Å²) in [5.74, 6) is -0.0958. The van der Waals surface area contributed by atoms with Crippen LogP contribution in [0.2, 0.25) is 0 Å². The number of hydrogen-bond donors (Lipinski definition) is 0. The number of ether oxygens (including phenoxy) is 2. The summed E-state index contributed by atoms with van der Waals surface area (Å²) in [5.41, 5.74) is 3.28. The van der Waals surface area contributed by atoms with Gasteiger partial charge in [0, 0.05) is 28.2 Å². The van der Waals surface area contributed by atoms with Crippen molar-refractivity contribution in [3.05, 3.63) is 71.4 Å². The molecule has 1 amide bonds. The first-order valence-corrected chi connectivity index (χ1v) is 10.1. The number of anilines is 2. The maximum absolute atomic E-state index is 13.2. The van der Waals surface area contributed by atoms with Crippen molar-refractivity contribution in [2.75, 3.05) is 18.6 Å². The molecule has 6 nitrogen and oxygen atoms in total. The van der Waals surface area contributed by atoms with Gasteiger partial charge < -0.3 is 9.47 Å².